The van der Waals surface area contributed by atoms with Crippen LogP contribution < -0.4 is 0 Å². The third-order valence-electron chi connectivity index (χ3n) is 2.71. The Kier molecular flexibility index (Phi) is 5.61. The number of nitriles is 1. The summed E-state index contributed by atoms with van der Waals surface area (Å²) in [7, 11) is 2.25. The number of rotatable bonds is 6. The maximum absolute atomic E-state index is 8.50. The van der Waals surface area contributed by atoms with Gasteiger partial charge in [-0.3, -0.25) is 0 Å². The number of hydrogen-bond acceptors (Lipinski definition) is 2. The van der Waals surface area contributed by atoms with Gasteiger partial charge in [0.1, 0.15) is 0 Å². The van der Waals surface area contributed by atoms with E-state index in [1.54, 1.807) is 0 Å². The van der Waals surface area contributed by atoms with E-state index in [0.29, 0.717) is 5.92 Å². The largest absolute Gasteiger partial charge is 0.359 e. The van der Waals surface area contributed by atoms with Gasteiger partial charge in [-0.25, -0.2) is 0 Å². The first-order valence-corrected chi connectivity index (χ1v) is 5.81. The highest BCUT2D eigenvalue weighted by molar-refractivity contribution is 7.09. The summed E-state index contributed by atoms with van der Waals surface area (Å²) in [5, 5.41) is 8.50. The zero-order chi connectivity index (χ0) is 11.1. The highest BCUT2D eigenvalue weighted by atomic mass is 31.0. The van der Waals surface area contributed by atoms with Crippen molar-refractivity contribution in [1.29, 1.82) is 5.26 Å². The summed E-state index contributed by atoms with van der Waals surface area (Å²) < 4.78 is 5.00. The Morgan fingerprint density at radius 3 is 3.00 bits per heavy atom. The van der Waals surface area contributed by atoms with Crippen molar-refractivity contribution >= 4 is 9.47 Å². The minimum absolute atomic E-state index is 0.145. The predicted molar refractivity (Wildman–Crippen MR) is 65.0 cm³/mol. The lowest BCUT2D eigenvalue weighted by molar-refractivity contribution is 0.319. The molecule has 0 aliphatic heterocycles. The molecule has 1 aliphatic rings. The van der Waals surface area contributed by atoms with Crippen molar-refractivity contribution in [2.24, 2.45) is 11.8 Å². The van der Waals surface area contributed by atoms with Crippen LogP contribution in [0.5, 0.6) is 0 Å². The molecule has 4 atom stereocenters. The first-order valence-electron chi connectivity index (χ1n) is 5.33. The van der Waals surface area contributed by atoms with Crippen LogP contribution in [0.3, 0.4) is 0 Å². The molecule has 0 saturated heterocycles. The number of hydrogen-bond donors (Lipinski definition) is 0. The van der Waals surface area contributed by atoms with E-state index in [1.165, 1.54) is 6.42 Å². The van der Waals surface area contributed by atoms with Crippen molar-refractivity contribution in [1.82, 2.24) is 0 Å². The zero-order valence-electron chi connectivity index (χ0n) is 9.10. The lowest BCUT2D eigenvalue weighted by Crippen LogP contribution is -1.93. The molecule has 82 valence electrons. The fourth-order valence-electron chi connectivity index (χ4n) is 1.56. The molecule has 0 aromatic heterocycles. The molecule has 3 heteroatoms. The molecule has 2 nitrogen and oxygen atoms in total. The summed E-state index contributed by atoms with van der Waals surface area (Å²) in [6.07, 6.45) is 11.5. The van der Waals surface area contributed by atoms with Crippen LogP contribution in [0, 0.1) is 23.2 Å². The summed E-state index contributed by atoms with van der Waals surface area (Å²) in [6.45, 7) is 1.99. The number of allylic oxidation sites excluding steroid dienone is 3. The fraction of sp³-hybridized carbons (Fsp3) is 0.583. The predicted octanol–water partition coefficient (Wildman–Crippen LogP) is 3.23. The van der Waals surface area contributed by atoms with Crippen molar-refractivity contribution in [2.75, 3.05) is 0 Å². The molecule has 1 rings (SSSR count). The molecule has 0 aromatic carbocycles. The van der Waals surface area contributed by atoms with Gasteiger partial charge in [0, 0.05) is 15.9 Å². The summed E-state index contributed by atoms with van der Waals surface area (Å²) in [6, 6.07) is 2.23. The second kappa shape index (κ2) is 6.77. The van der Waals surface area contributed by atoms with Crippen LogP contribution in [0.4, 0.5) is 0 Å². The highest BCUT2D eigenvalue weighted by Gasteiger charge is 2.34. The van der Waals surface area contributed by atoms with Crippen molar-refractivity contribution in [3.8, 4) is 6.07 Å². The third-order valence-corrected chi connectivity index (χ3v) is 3.13. The lowest BCUT2D eigenvalue weighted by atomic mass is 10.2. The van der Waals surface area contributed by atoms with E-state index in [-0.39, 0.29) is 6.10 Å². The van der Waals surface area contributed by atoms with E-state index in [1.807, 2.05) is 19.1 Å². The Labute approximate surface area is 94.3 Å². The first-order chi connectivity index (χ1) is 7.27. The number of nitrogens with zero attached hydrogens (tertiary/aromatic N) is 1. The molecule has 1 fully saturated rings. The van der Waals surface area contributed by atoms with Gasteiger partial charge in [0.2, 0.25) is 0 Å². The van der Waals surface area contributed by atoms with Gasteiger partial charge in [0.15, 0.2) is 0 Å². The molecular weight excluding hydrogens is 205 g/mol. The summed E-state index contributed by atoms with van der Waals surface area (Å²) >= 11 is 0. The van der Waals surface area contributed by atoms with Gasteiger partial charge >= 0.3 is 0 Å². The molecule has 1 aliphatic carbocycles. The molecule has 0 amide bonds. The Balaban J connectivity index is 2.09. The van der Waals surface area contributed by atoms with Crippen LogP contribution >= 0.6 is 9.47 Å². The molecule has 0 heterocycles. The summed E-state index contributed by atoms with van der Waals surface area (Å²) in [4.78, 5) is 0. The lowest BCUT2D eigenvalue weighted by Gasteiger charge is -1.98. The molecular formula is C12H18NOP. The average molecular weight is 223 g/mol. The van der Waals surface area contributed by atoms with Crippen LogP contribution in [0.25, 0.3) is 0 Å². The SMILES string of the molecule is CC(/C=C/C=C\C[C@H]1C[C@H]1CC#N)OP. The topological polar surface area (TPSA) is 33.0 Å². The van der Waals surface area contributed by atoms with E-state index >= 15 is 0 Å². The molecule has 0 radical (unpaired) electrons. The second-order valence-corrected chi connectivity index (χ2v) is 4.28. The maximum Gasteiger partial charge on any atom is 0.0766 e. The molecule has 0 N–H and O–H groups in total. The van der Waals surface area contributed by atoms with E-state index in [0.717, 1.165) is 18.8 Å². The van der Waals surface area contributed by atoms with Crippen LogP contribution in [0.1, 0.15) is 26.2 Å². The molecule has 15 heavy (non-hydrogen) atoms. The normalized spacial score (nSPS) is 27.0. The first kappa shape index (κ1) is 12.4. The quantitative estimate of drug-likeness (QED) is 0.511. The average Bonchev–Trinajstić information content (AvgIpc) is 2.96. The fourth-order valence-corrected chi connectivity index (χ4v) is 1.65. The monoisotopic (exact) mass is 223 g/mol. The standard InChI is InChI=1S/C12H18NOP/c1-10(14-15)5-3-2-4-6-11-9-12(11)7-8-13/h2-5,10-12H,6-7,9,15H2,1H3/b4-2-,5-3+/t10?,11-,12+/m0/s1. The van der Waals surface area contributed by atoms with Crippen LogP contribution in [0.2, 0.25) is 0 Å². The van der Waals surface area contributed by atoms with Gasteiger partial charge in [-0.15, -0.1) is 0 Å². The third kappa shape index (κ3) is 5.11. The summed E-state index contributed by atoms with van der Waals surface area (Å²) in [5.41, 5.74) is 0. The molecule has 1 saturated carbocycles. The van der Waals surface area contributed by atoms with E-state index in [2.05, 4.69) is 27.7 Å². The van der Waals surface area contributed by atoms with Gasteiger partial charge in [-0.2, -0.15) is 5.26 Å². The van der Waals surface area contributed by atoms with E-state index in [4.69, 9.17) is 9.79 Å². The maximum atomic E-state index is 8.50. The Bertz CT molecular complexity index is 280. The van der Waals surface area contributed by atoms with Crippen molar-refractivity contribution < 1.29 is 4.52 Å². The minimum atomic E-state index is 0.145. The molecule has 0 spiro atoms. The van der Waals surface area contributed by atoms with Crippen LogP contribution in [-0.2, 0) is 4.52 Å². The Morgan fingerprint density at radius 1 is 1.53 bits per heavy atom. The van der Waals surface area contributed by atoms with Crippen LogP contribution in [-0.4, -0.2) is 6.10 Å². The van der Waals surface area contributed by atoms with Crippen molar-refractivity contribution in [2.45, 2.75) is 32.3 Å². The van der Waals surface area contributed by atoms with E-state index < -0.39 is 0 Å². The van der Waals surface area contributed by atoms with Gasteiger partial charge in [-0.05, 0) is 31.6 Å². The van der Waals surface area contributed by atoms with Gasteiger partial charge in [0.25, 0.3) is 0 Å². The minimum Gasteiger partial charge on any atom is -0.359 e. The molecule has 2 unspecified atom stereocenters. The van der Waals surface area contributed by atoms with Crippen LogP contribution in [0.15, 0.2) is 24.3 Å². The van der Waals surface area contributed by atoms with Gasteiger partial charge in [0.05, 0.1) is 12.2 Å². The summed E-state index contributed by atoms with van der Waals surface area (Å²) in [5.74, 6) is 1.42. The van der Waals surface area contributed by atoms with Crippen molar-refractivity contribution in [3.63, 3.8) is 0 Å². The smallest absolute Gasteiger partial charge is 0.0766 e. The van der Waals surface area contributed by atoms with Crippen molar-refractivity contribution in [3.05, 3.63) is 24.3 Å². The molecule has 0 aromatic rings. The zero-order valence-corrected chi connectivity index (χ0v) is 10.3. The Morgan fingerprint density at radius 2 is 2.33 bits per heavy atom. The van der Waals surface area contributed by atoms with E-state index in [9.17, 15) is 0 Å². The van der Waals surface area contributed by atoms with Gasteiger partial charge < -0.3 is 4.52 Å². The second-order valence-electron chi connectivity index (χ2n) is 4.01. The molecule has 0 bridgehead atoms. The Hall–Kier alpha value is -0.640. The highest BCUT2D eigenvalue weighted by Crippen LogP contribution is 2.43. The van der Waals surface area contributed by atoms with Gasteiger partial charge in [-0.1, -0.05) is 24.3 Å².